The van der Waals surface area contributed by atoms with Gasteiger partial charge in [-0.15, -0.1) is 8.78 Å². The van der Waals surface area contributed by atoms with Crippen LogP contribution in [-0.4, -0.2) is 41.9 Å². The van der Waals surface area contributed by atoms with Gasteiger partial charge in [0.1, 0.15) is 0 Å². The third-order valence-corrected chi connectivity index (χ3v) is 3.77. The van der Waals surface area contributed by atoms with Crippen molar-refractivity contribution in [3.05, 3.63) is 46.5 Å². The number of nitrogens with one attached hydrogen (secondary N) is 3. The largest absolute Gasteiger partial charge is 0.586 e. The fourth-order valence-corrected chi connectivity index (χ4v) is 2.54. The molecule has 1 aliphatic rings. The zero-order valence-electron chi connectivity index (χ0n) is 14.8. The van der Waals surface area contributed by atoms with Crippen LogP contribution >= 0.6 is 0 Å². The fraction of sp³-hybridized carbons (Fsp3) is 0.235. The Morgan fingerprint density at radius 1 is 1.10 bits per heavy atom. The van der Waals surface area contributed by atoms with Gasteiger partial charge in [0.2, 0.25) is 5.91 Å². The molecule has 0 bridgehead atoms. The van der Waals surface area contributed by atoms with Crippen molar-refractivity contribution < 1.29 is 33.1 Å². The molecular weight excluding hydrogens is 394 g/mol. The SMILES string of the molecule is O=C(CNc1cc([N+](=O)[O-])ccc1NCCO)Nc1ccc2c(c1)OC(F)(F)O2. The number of hydrogen-bond acceptors (Lipinski definition) is 8. The highest BCUT2D eigenvalue weighted by molar-refractivity contribution is 5.94. The molecule has 10 nitrogen and oxygen atoms in total. The minimum atomic E-state index is -3.76. The quantitative estimate of drug-likeness (QED) is 0.385. The maximum atomic E-state index is 13.0. The van der Waals surface area contributed by atoms with Crippen molar-refractivity contribution in [1.29, 1.82) is 0 Å². The number of non-ortho nitro benzene ring substituents is 1. The van der Waals surface area contributed by atoms with E-state index in [1.807, 2.05) is 0 Å². The molecule has 3 rings (SSSR count). The predicted octanol–water partition coefficient (Wildman–Crippen LogP) is 2.37. The van der Waals surface area contributed by atoms with Crippen molar-refractivity contribution in [2.75, 3.05) is 35.6 Å². The number of rotatable bonds is 8. The third kappa shape index (κ3) is 4.99. The number of nitrogens with zero attached hydrogens (tertiary/aromatic N) is 1. The van der Waals surface area contributed by atoms with E-state index >= 15 is 0 Å². The lowest BCUT2D eigenvalue weighted by atomic mass is 10.2. The predicted molar refractivity (Wildman–Crippen MR) is 98.4 cm³/mol. The Hall–Kier alpha value is -3.67. The average Bonchev–Trinajstić information content (AvgIpc) is 2.97. The number of fused-ring (bicyclic) bond motifs is 1. The Balaban J connectivity index is 1.65. The van der Waals surface area contributed by atoms with E-state index in [0.29, 0.717) is 5.69 Å². The summed E-state index contributed by atoms with van der Waals surface area (Å²) in [5, 5.41) is 28.0. The molecule has 2 aromatic rings. The van der Waals surface area contributed by atoms with E-state index in [-0.39, 0.29) is 48.3 Å². The first kappa shape index (κ1) is 20.1. The summed E-state index contributed by atoms with van der Waals surface area (Å²) < 4.78 is 34.7. The van der Waals surface area contributed by atoms with Gasteiger partial charge in [0.05, 0.1) is 29.4 Å². The van der Waals surface area contributed by atoms with Crippen LogP contribution in [0.2, 0.25) is 0 Å². The summed E-state index contributed by atoms with van der Waals surface area (Å²) in [5.41, 5.74) is 0.768. The van der Waals surface area contributed by atoms with E-state index in [1.165, 1.54) is 36.4 Å². The molecule has 0 aliphatic carbocycles. The second-order valence-electron chi connectivity index (χ2n) is 5.87. The van der Waals surface area contributed by atoms with Gasteiger partial charge in [0.25, 0.3) is 5.69 Å². The Bertz CT molecular complexity index is 940. The van der Waals surface area contributed by atoms with E-state index in [9.17, 15) is 23.7 Å². The first-order chi connectivity index (χ1) is 13.8. The molecule has 0 atom stereocenters. The van der Waals surface area contributed by atoms with Crippen molar-refractivity contribution >= 4 is 28.7 Å². The maximum Gasteiger partial charge on any atom is 0.586 e. The number of nitro benzene ring substituents is 1. The van der Waals surface area contributed by atoms with Crippen molar-refractivity contribution in [2.24, 2.45) is 0 Å². The number of carbonyl (C=O) groups excluding carboxylic acids is 1. The van der Waals surface area contributed by atoms with E-state index in [1.54, 1.807) is 0 Å². The number of amides is 1. The van der Waals surface area contributed by atoms with E-state index in [0.717, 1.165) is 0 Å². The second-order valence-corrected chi connectivity index (χ2v) is 5.87. The normalized spacial score (nSPS) is 13.6. The molecule has 0 unspecified atom stereocenters. The molecule has 0 saturated heterocycles. The monoisotopic (exact) mass is 410 g/mol. The molecule has 1 amide bonds. The van der Waals surface area contributed by atoms with Crippen LogP contribution in [0.3, 0.4) is 0 Å². The maximum absolute atomic E-state index is 13.0. The summed E-state index contributed by atoms with van der Waals surface area (Å²) in [5.74, 6) is -0.896. The molecule has 0 aromatic heterocycles. The third-order valence-electron chi connectivity index (χ3n) is 3.77. The molecule has 4 N–H and O–H groups in total. The zero-order chi connectivity index (χ0) is 21.0. The molecule has 1 aliphatic heterocycles. The van der Waals surface area contributed by atoms with E-state index < -0.39 is 17.1 Å². The van der Waals surface area contributed by atoms with Crippen LogP contribution in [0.5, 0.6) is 11.5 Å². The Labute approximate surface area is 162 Å². The highest BCUT2D eigenvalue weighted by Gasteiger charge is 2.43. The van der Waals surface area contributed by atoms with Crippen molar-refractivity contribution in [3.63, 3.8) is 0 Å². The molecule has 0 fully saturated rings. The molecule has 29 heavy (non-hydrogen) atoms. The summed E-state index contributed by atoms with van der Waals surface area (Å²) in [6, 6.07) is 7.77. The van der Waals surface area contributed by atoms with Crippen LogP contribution in [0.15, 0.2) is 36.4 Å². The first-order valence-electron chi connectivity index (χ1n) is 8.34. The smallest absolute Gasteiger partial charge is 0.395 e. The standard InChI is InChI=1S/C17H16F2N4O6/c18-17(19)28-14-4-1-10(7-15(14)29-17)22-16(25)9-21-13-8-11(23(26)27)2-3-12(13)20-5-6-24/h1-4,7-8,20-21,24H,5-6,9H2,(H,22,25). The van der Waals surface area contributed by atoms with Crippen LogP contribution in [0.25, 0.3) is 0 Å². The molecule has 0 spiro atoms. The van der Waals surface area contributed by atoms with Gasteiger partial charge >= 0.3 is 6.29 Å². The number of carbonyl (C=O) groups is 1. The van der Waals surface area contributed by atoms with Gasteiger partial charge in [-0.05, 0) is 18.2 Å². The number of aliphatic hydroxyl groups is 1. The average molecular weight is 410 g/mol. The van der Waals surface area contributed by atoms with Crippen molar-refractivity contribution in [1.82, 2.24) is 0 Å². The minimum absolute atomic E-state index is 0.151. The van der Waals surface area contributed by atoms with Gasteiger partial charge in [0, 0.05) is 30.4 Å². The molecule has 1 heterocycles. The van der Waals surface area contributed by atoms with Gasteiger partial charge in [-0.1, -0.05) is 0 Å². The Morgan fingerprint density at radius 2 is 1.86 bits per heavy atom. The van der Waals surface area contributed by atoms with Gasteiger partial charge in [-0.25, -0.2) is 0 Å². The van der Waals surface area contributed by atoms with Crippen molar-refractivity contribution in [2.45, 2.75) is 6.29 Å². The summed E-state index contributed by atoms with van der Waals surface area (Å²) in [6.07, 6.45) is -3.76. The molecule has 12 heteroatoms. The number of alkyl halides is 2. The highest BCUT2D eigenvalue weighted by atomic mass is 19.3. The Morgan fingerprint density at radius 3 is 2.59 bits per heavy atom. The molecule has 0 radical (unpaired) electrons. The zero-order valence-corrected chi connectivity index (χ0v) is 14.8. The summed E-state index contributed by atoms with van der Waals surface area (Å²) >= 11 is 0. The van der Waals surface area contributed by atoms with Crippen molar-refractivity contribution in [3.8, 4) is 11.5 Å². The van der Waals surface area contributed by atoms with Crippen LogP contribution in [-0.2, 0) is 4.79 Å². The van der Waals surface area contributed by atoms with Crippen LogP contribution in [0, 0.1) is 10.1 Å². The summed E-state index contributed by atoms with van der Waals surface area (Å²) in [7, 11) is 0. The first-order valence-corrected chi connectivity index (χ1v) is 8.34. The van der Waals surface area contributed by atoms with Gasteiger partial charge < -0.3 is 30.5 Å². The molecule has 0 saturated carbocycles. The second kappa shape index (κ2) is 8.14. The molecule has 2 aromatic carbocycles. The highest BCUT2D eigenvalue weighted by Crippen LogP contribution is 2.42. The number of ether oxygens (including phenoxy) is 2. The van der Waals surface area contributed by atoms with Crippen LogP contribution in [0.4, 0.5) is 31.5 Å². The van der Waals surface area contributed by atoms with E-state index in [4.69, 9.17) is 5.11 Å². The van der Waals surface area contributed by atoms with Gasteiger partial charge in [-0.2, -0.15) is 0 Å². The minimum Gasteiger partial charge on any atom is -0.395 e. The number of anilines is 3. The fourth-order valence-electron chi connectivity index (χ4n) is 2.54. The summed E-state index contributed by atoms with van der Waals surface area (Å²) in [6.45, 7) is -0.208. The van der Waals surface area contributed by atoms with E-state index in [2.05, 4.69) is 25.4 Å². The topological polar surface area (TPSA) is 135 Å². The Kier molecular flexibility index (Phi) is 5.64. The lowest BCUT2D eigenvalue weighted by molar-refractivity contribution is -0.384. The van der Waals surface area contributed by atoms with Crippen LogP contribution in [0.1, 0.15) is 0 Å². The number of benzene rings is 2. The molecular formula is C17H16F2N4O6. The van der Waals surface area contributed by atoms with Gasteiger partial charge in [-0.3, -0.25) is 14.9 Å². The number of hydrogen-bond donors (Lipinski definition) is 4. The lowest BCUT2D eigenvalue weighted by Gasteiger charge is -2.13. The number of aliphatic hydroxyl groups excluding tert-OH is 1. The number of nitro groups is 1. The van der Waals surface area contributed by atoms with Gasteiger partial charge in [0.15, 0.2) is 11.5 Å². The molecule has 154 valence electrons. The van der Waals surface area contributed by atoms with Crippen LogP contribution < -0.4 is 25.4 Å². The lowest BCUT2D eigenvalue weighted by Crippen LogP contribution is -2.26. The summed E-state index contributed by atoms with van der Waals surface area (Å²) in [4.78, 5) is 22.5. The number of halogens is 2.